The zero-order valence-corrected chi connectivity index (χ0v) is 15.1. The summed E-state index contributed by atoms with van der Waals surface area (Å²) < 4.78 is 3.15. The van der Waals surface area contributed by atoms with Crippen LogP contribution in [0.4, 0.5) is 0 Å². The van der Waals surface area contributed by atoms with E-state index in [4.69, 9.17) is 0 Å². The van der Waals surface area contributed by atoms with Gasteiger partial charge in [0, 0.05) is 19.5 Å². The van der Waals surface area contributed by atoms with Crippen molar-refractivity contribution in [3.8, 4) is 0 Å². The lowest BCUT2D eigenvalue weighted by Crippen LogP contribution is -2.21. The van der Waals surface area contributed by atoms with Crippen LogP contribution in [0.2, 0.25) is 0 Å². The molecule has 2 aromatic rings. The predicted molar refractivity (Wildman–Crippen MR) is 91.7 cm³/mol. The van der Waals surface area contributed by atoms with Gasteiger partial charge in [-0.05, 0) is 54.4 Å². The zero-order valence-electron chi connectivity index (χ0n) is 13.5. The summed E-state index contributed by atoms with van der Waals surface area (Å²) in [6, 6.07) is 6.94. The number of hydrogen-bond donors (Lipinski definition) is 1. The van der Waals surface area contributed by atoms with Gasteiger partial charge >= 0.3 is 0 Å². The van der Waals surface area contributed by atoms with Gasteiger partial charge in [-0.2, -0.15) is 5.10 Å². The number of benzene rings is 1. The molecule has 0 fully saturated rings. The Morgan fingerprint density at radius 2 is 2.05 bits per heavy atom. The van der Waals surface area contributed by atoms with E-state index >= 15 is 0 Å². The first-order valence-corrected chi connectivity index (χ1v) is 8.21. The quantitative estimate of drug-likeness (QED) is 0.887. The van der Waals surface area contributed by atoms with Gasteiger partial charge in [-0.15, -0.1) is 0 Å². The number of aryl methyl sites for hydroxylation is 4. The van der Waals surface area contributed by atoms with E-state index in [9.17, 15) is 0 Å². The molecule has 0 aliphatic carbocycles. The van der Waals surface area contributed by atoms with Crippen molar-refractivity contribution in [1.29, 1.82) is 0 Å². The number of likely N-dealkylation sites (N-methyl/N-ethyl adjacent to an activating group) is 1. The minimum absolute atomic E-state index is 0.293. The van der Waals surface area contributed by atoms with Gasteiger partial charge in [0.2, 0.25) is 0 Å². The Morgan fingerprint density at radius 1 is 1.33 bits per heavy atom. The number of nitrogens with one attached hydrogen (secondary N) is 1. The molecule has 4 heteroatoms. The van der Waals surface area contributed by atoms with E-state index in [0.29, 0.717) is 6.04 Å². The highest BCUT2D eigenvalue weighted by atomic mass is 79.9. The first-order chi connectivity index (χ1) is 9.97. The van der Waals surface area contributed by atoms with Crippen molar-refractivity contribution in [3.63, 3.8) is 0 Å². The molecule has 1 aromatic carbocycles. The molecule has 2 rings (SSSR count). The standard InChI is InChI=1S/C17H24BrN3/c1-6-14-17(18)16(21(5)20-14)10-15(19-4)13-9-11(2)7-8-12(13)3/h7-9,15,19H,6,10H2,1-5H3. The van der Waals surface area contributed by atoms with Crippen LogP contribution in [0, 0.1) is 13.8 Å². The third kappa shape index (κ3) is 3.38. The lowest BCUT2D eigenvalue weighted by Gasteiger charge is -2.20. The molecular weight excluding hydrogens is 326 g/mol. The van der Waals surface area contributed by atoms with Crippen LogP contribution in [-0.4, -0.2) is 16.8 Å². The van der Waals surface area contributed by atoms with Crippen molar-refractivity contribution in [1.82, 2.24) is 15.1 Å². The number of rotatable bonds is 5. The molecule has 1 unspecified atom stereocenters. The molecule has 3 nitrogen and oxygen atoms in total. The van der Waals surface area contributed by atoms with Crippen molar-refractivity contribution >= 4 is 15.9 Å². The summed E-state index contributed by atoms with van der Waals surface area (Å²) >= 11 is 3.71. The van der Waals surface area contributed by atoms with Gasteiger partial charge in [-0.1, -0.05) is 30.7 Å². The van der Waals surface area contributed by atoms with Gasteiger partial charge in [0.25, 0.3) is 0 Å². The van der Waals surface area contributed by atoms with Crippen LogP contribution in [0.5, 0.6) is 0 Å². The molecule has 1 atom stereocenters. The fourth-order valence-electron chi connectivity index (χ4n) is 2.74. The lowest BCUT2D eigenvalue weighted by molar-refractivity contribution is 0.557. The van der Waals surface area contributed by atoms with Crippen molar-refractivity contribution in [3.05, 3.63) is 50.8 Å². The van der Waals surface area contributed by atoms with E-state index in [1.807, 2.05) is 18.8 Å². The molecular formula is C17H24BrN3. The molecule has 0 amide bonds. The minimum Gasteiger partial charge on any atom is -0.313 e. The Labute approximate surface area is 135 Å². The number of aromatic nitrogens is 2. The number of halogens is 1. The van der Waals surface area contributed by atoms with Gasteiger partial charge in [0.05, 0.1) is 15.9 Å². The summed E-state index contributed by atoms with van der Waals surface area (Å²) in [6.07, 6.45) is 1.87. The molecule has 0 saturated heterocycles. The summed E-state index contributed by atoms with van der Waals surface area (Å²) in [5.41, 5.74) is 6.36. The highest BCUT2D eigenvalue weighted by Crippen LogP contribution is 2.28. The Bertz CT molecular complexity index is 631. The minimum atomic E-state index is 0.293. The van der Waals surface area contributed by atoms with Crippen LogP contribution in [-0.2, 0) is 19.9 Å². The fourth-order valence-corrected chi connectivity index (χ4v) is 3.52. The van der Waals surface area contributed by atoms with Crippen LogP contribution in [0.3, 0.4) is 0 Å². The summed E-state index contributed by atoms with van der Waals surface area (Å²) in [7, 11) is 4.05. The molecule has 21 heavy (non-hydrogen) atoms. The first kappa shape index (κ1) is 16.2. The van der Waals surface area contributed by atoms with E-state index in [1.165, 1.54) is 22.4 Å². The van der Waals surface area contributed by atoms with E-state index < -0.39 is 0 Å². The molecule has 0 aliphatic heterocycles. The van der Waals surface area contributed by atoms with Gasteiger partial charge in [0.15, 0.2) is 0 Å². The number of nitrogens with zero attached hydrogens (tertiary/aromatic N) is 2. The van der Waals surface area contributed by atoms with E-state index in [1.54, 1.807) is 0 Å². The Morgan fingerprint density at radius 3 is 2.62 bits per heavy atom. The normalized spacial score (nSPS) is 12.7. The Balaban J connectivity index is 2.36. The van der Waals surface area contributed by atoms with Crippen LogP contribution >= 0.6 is 15.9 Å². The van der Waals surface area contributed by atoms with E-state index in [2.05, 4.69) is 65.3 Å². The highest BCUT2D eigenvalue weighted by molar-refractivity contribution is 9.10. The fraction of sp³-hybridized carbons (Fsp3) is 0.471. The molecule has 0 spiro atoms. The van der Waals surface area contributed by atoms with Crippen molar-refractivity contribution in [2.75, 3.05) is 7.05 Å². The zero-order chi connectivity index (χ0) is 15.6. The molecule has 1 heterocycles. The summed E-state index contributed by atoms with van der Waals surface area (Å²) in [5.74, 6) is 0. The van der Waals surface area contributed by atoms with E-state index in [-0.39, 0.29) is 0 Å². The molecule has 1 N–H and O–H groups in total. The lowest BCUT2D eigenvalue weighted by atomic mass is 9.95. The van der Waals surface area contributed by atoms with Crippen molar-refractivity contribution < 1.29 is 0 Å². The Hall–Kier alpha value is -1.13. The average molecular weight is 350 g/mol. The largest absolute Gasteiger partial charge is 0.313 e. The van der Waals surface area contributed by atoms with Crippen molar-refractivity contribution in [2.24, 2.45) is 7.05 Å². The third-order valence-corrected chi connectivity index (χ3v) is 4.97. The summed E-state index contributed by atoms with van der Waals surface area (Å²) in [5, 5.41) is 8.05. The average Bonchev–Trinajstić information content (AvgIpc) is 2.74. The monoisotopic (exact) mass is 349 g/mol. The molecule has 0 radical (unpaired) electrons. The van der Waals surface area contributed by atoms with Gasteiger partial charge in [-0.3, -0.25) is 4.68 Å². The summed E-state index contributed by atoms with van der Waals surface area (Å²) in [6.45, 7) is 6.46. The van der Waals surface area contributed by atoms with Crippen LogP contribution < -0.4 is 5.32 Å². The molecule has 0 aliphatic rings. The highest BCUT2D eigenvalue weighted by Gasteiger charge is 2.19. The van der Waals surface area contributed by atoms with Crippen molar-refractivity contribution in [2.45, 2.75) is 39.7 Å². The molecule has 1 aromatic heterocycles. The van der Waals surface area contributed by atoms with Gasteiger partial charge < -0.3 is 5.32 Å². The maximum atomic E-state index is 4.59. The first-order valence-electron chi connectivity index (χ1n) is 7.42. The smallest absolute Gasteiger partial charge is 0.0766 e. The SMILES string of the molecule is CCc1nn(C)c(CC(NC)c2cc(C)ccc2C)c1Br. The second-order valence-corrected chi connectivity index (χ2v) is 6.38. The maximum Gasteiger partial charge on any atom is 0.0766 e. The van der Waals surface area contributed by atoms with Gasteiger partial charge in [0.1, 0.15) is 0 Å². The molecule has 0 saturated carbocycles. The molecule has 0 bridgehead atoms. The summed E-state index contributed by atoms with van der Waals surface area (Å²) in [4.78, 5) is 0. The predicted octanol–water partition coefficient (Wildman–Crippen LogP) is 3.87. The second kappa shape index (κ2) is 6.75. The maximum absolute atomic E-state index is 4.59. The van der Waals surface area contributed by atoms with E-state index in [0.717, 1.165) is 23.0 Å². The Kier molecular flexibility index (Phi) is 5.22. The van der Waals surface area contributed by atoms with Gasteiger partial charge in [-0.25, -0.2) is 0 Å². The van der Waals surface area contributed by atoms with Crippen LogP contribution in [0.1, 0.15) is 41.0 Å². The number of hydrogen-bond acceptors (Lipinski definition) is 2. The second-order valence-electron chi connectivity index (χ2n) is 5.59. The third-order valence-electron chi connectivity index (χ3n) is 4.06. The van der Waals surface area contributed by atoms with Crippen LogP contribution in [0.15, 0.2) is 22.7 Å². The topological polar surface area (TPSA) is 29.9 Å². The van der Waals surface area contributed by atoms with Crippen LogP contribution in [0.25, 0.3) is 0 Å². The molecule has 114 valence electrons.